The summed E-state index contributed by atoms with van der Waals surface area (Å²) in [6, 6.07) is 3.52. The number of rotatable bonds is 0. The van der Waals surface area contributed by atoms with Crippen LogP contribution < -0.4 is 0 Å². The molecule has 0 unspecified atom stereocenters. The van der Waals surface area contributed by atoms with Crippen molar-refractivity contribution >= 4 is 23.3 Å². The predicted molar refractivity (Wildman–Crippen MR) is 48.2 cm³/mol. The van der Waals surface area contributed by atoms with Crippen LogP contribution in [0.3, 0.4) is 0 Å². The van der Waals surface area contributed by atoms with Crippen LogP contribution in [0.2, 0.25) is 0 Å². The lowest BCUT2D eigenvalue weighted by Gasteiger charge is -1.95. The van der Waals surface area contributed by atoms with Gasteiger partial charge in [-0.1, -0.05) is 6.07 Å². The Hall–Kier alpha value is -1.16. The zero-order chi connectivity index (χ0) is 8.72. The van der Waals surface area contributed by atoms with E-state index < -0.39 is 0 Å². The van der Waals surface area contributed by atoms with E-state index in [2.05, 4.69) is 9.97 Å². The topological polar surface area (TPSA) is 31.6 Å². The molecule has 0 fully saturated rings. The fourth-order valence-electron chi connectivity index (χ4n) is 1.17. The minimum Gasteiger partial charge on any atom is -0.331 e. The zero-order valence-corrected chi connectivity index (χ0v) is 7.26. The summed E-state index contributed by atoms with van der Waals surface area (Å²) < 4.78 is 13.8. The van der Waals surface area contributed by atoms with Gasteiger partial charge in [0.25, 0.3) is 0 Å². The number of H-pyrrole nitrogens is 2. The fraction of sp³-hybridized carbons (Fsp3) is 0.125. The van der Waals surface area contributed by atoms with E-state index in [1.54, 1.807) is 19.1 Å². The molecule has 12 heavy (non-hydrogen) atoms. The van der Waals surface area contributed by atoms with Crippen LogP contribution in [0.1, 0.15) is 5.56 Å². The number of nitrogens with one attached hydrogen (secondary N) is 2. The fourth-order valence-corrected chi connectivity index (χ4v) is 1.39. The number of imidazole rings is 1. The highest BCUT2D eigenvalue weighted by Crippen LogP contribution is 2.16. The van der Waals surface area contributed by atoms with Gasteiger partial charge in [0.05, 0.1) is 5.52 Å². The normalized spacial score (nSPS) is 10.8. The van der Waals surface area contributed by atoms with Crippen molar-refractivity contribution in [2.75, 3.05) is 0 Å². The van der Waals surface area contributed by atoms with Crippen LogP contribution in [-0.4, -0.2) is 9.97 Å². The third kappa shape index (κ3) is 0.956. The Bertz CT molecular complexity index is 483. The first-order chi connectivity index (χ1) is 5.68. The van der Waals surface area contributed by atoms with Gasteiger partial charge in [0.2, 0.25) is 0 Å². The third-order valence-electron chi connectivity index (χ3n) is 1.82. The highest BCUT2D eigenvalue weighted by atomic mass is 32.1. The van der Waals surface area contributed by atoms with Crippen molar-refractivity contribution in [3.63, 3.8) is 0 Å². The molecule has 0 amide bonds. The summed E-state index contributed by atoms with van der Waals surface area (Å²) in [6.07, 6.45) is 0. The molecule has 0 aliphatic heterocycles. The molecule has 2 nitrogen and oxygen atoms in total. The molecule has 2 aromatic rings. The van der Waals surface area contributed by atoms with E-state index in [-0.39, 0.29) is 5.82 Å². The molecule has 2 N–H and O–H groups in total. The lowest BCUT2D eigenvalue weighted by atomic mass is 10.2. The lowest BCUT2D eigenvalue weighted by molar-refractivity contribution is 0.628. The van der Waals surface area contributed by atoms with Crippen LogP contribution in [0.25, 0.3) is 11.0 Å². The average Bonchev–Trinajstić information content (AvgIpc) is 2.39. The molecule has 62 valence electrons. The Kier molecular flexibility index (Phi) is 1.51. The van der Waals surface area contributed by atoms with Crippen LogP contribution in [0, 0.1) is 17.5 Å². The molecule has 1 aromatic heterocycles. The van der Waals surface area contributed by atoms with Gasteiger partial charge in [-0.05, 0) is 30.8 Å². The first kappa shape index (κ1) is 7.49. The summed E-state index contributed by atoms with van der Waals surface area (Å²) in [5.74, 6) is -0.236. The van der Waals surface area contributed by atoms with E-state index in [9.17, 15) is 4.39 Å². The summed E-state index contributed by atoms with van der Waals surface area (Å²) in [5, 5.41) is 0. The second-order valence-electron chi connectivity index (χ2n) is 2.70. The summed E-state index contributed by atoms with van der Waals surface area (Å²) >= 11 is 4.84. The predicted octanol–water partition coefficient (Wildman–Crippen LogP) is 2.67. The van der Waals surface area contributed by atoms with Crippen molar-refractivity contribution < 1.29 is 4.39 Å². The van der Waals surface area contributed by atoms with Crippen molar-refractivity contribution in [2.24, 2.45) is 0 Å². The van der Waals surface area contributed by atoms with Crippen LogP contribution in [-0.2, 0) is 0 Å². The number of aromatic nitrogens is 2. The molecular formula is C8H7FN2S. The van der Waals surface area contributed by atoms with Crippen molar-refractivity contribution in [3.8, 4) is 0 Å². The number of aryl methyl sites for hydroxylation is 1. The second kappa shape index (κ2) is 2.42. The third-order valence-corrected chi connectivity index (χ3v) is 2.03. The van der Waals surface area contributed by atoms with E-state index in [4.69, 9.17) is 12.2 Å². The quantitative estimate of drug-likeness (QED) is 0.603. The summed E-state index contributed by atoms with van der Waals surface area (Å²) in [7, 11) is 0. The molecule has 0 bridgehead atoms. The molecule has 4 heteroatoms. The van der Waals surface area contributed by atoms with Gasteiger partial charge in [-0.3, -0.25) is 0 Å². The zero-order valence-electron chi connectivity index (χ0n) is 6.44. The number of benzene rings is 1. The van der Waals surface area contributed by atoms with Crippen LogP contribution in [0.5, 0.6) is 0 Å². The summed E-state index contributed by atoms with van der Waals surface area (Å²) in [6.45, 7) is 1.72. The SMILES string of the molecule is Cc1ccc2[nH]c(=S)[nH]c2c1F. The molecule has 1 aromatic carbocycles. The Morgan fingerprint density at radius 1 is 1.33 bits per heavy atom. The van der Waals surface area contributed by atoms with Crippen molar-refractivity contribution in [1.29, 1.82) is 0 Å². The van der Waals surface area contributed by atoms with Gasteiger partial charge in [0.15, 0.2) is 10.6 Å². The molecule has 2 rings (SSSR count). The Labute approximate surface area is 73.4 Å². The molecule has 0 aliphatic carbocycles. The van der Waals surface area contributed by atoms with Gasteiger partial charge >= 0.3 is 0 Å². The van der Waals surface area contributed by atoms with Gasteiger partial charge in [-0.2, -0.15) is 0 Å². The maximum absolute atomic E-state index is 13.3. The molecular weight excluding hydrogens is 175 g/mol. The van der Waals surface area contributed by atoms with Gasteiger partial charge in [0.1, 0.15) is 5.52 Å². The van der Waals surface area contributed by atoms with E-state index >= 15 is 0 Å². The van der Waals surface area contributed by atoms with E-state index in [0.717, 1.165) is 0 Å². The lowest BCUT2D eigenvalue weighted by Crippen LogP contribution is -1.82. The Balaban J connectivity index is 2.99. The first-order valence-corrected chi connectivity index (χ1v) is 3.96. The minimum absolute atomic E-state index is 0.236. The van der Waals surface area contributed by atoms with Crippen LogP contribution in [0.4, 0.5) is 4.39 Å². The van der Waals surface area contributed by atoms with Gasteiger partial charge in [-0.25, -0.2) is 4.39 Å². The number of fused-ring (bicyclic) bond motifs is 1. The molecule has 0 saturated carbocycles. The molecule has 0 aliphatic rings. The first-order valence-electron chi connectivity index (χ1n) is 3.55. The molecule has 0 atom stereocenters. The van der Waals surface area contributed by atoms with Gasteiger partial charge < -0.3 is 9.97 Å². The van der Waals surface area contributed by atoms with Crippen molar-refractivity contribution in [3.05, 3.63) is 28.3 Å². The largest absolute Gasteiger partial charge is 0.331 e. The number of hydrogen-bond acceptors (Lipinski definition) is 1. The average molecular weight is 182 g/mol. The maximum atomic E-state index is 13.3. The van der Waals surface area contributed by atoms with Crippen LogP contribution >= 0.6 is 12.2 Å². The standard InChI is InChI=1S/C8H7FN2S/c1-4-2-3-5-7(6(4)9)11-8(12)10-5/h2-3H,1H3,(H2,10,11,12). The molecule has 0 spiro atoms. The van der Waals surface area contributed by atoms with Crippen molar-refractivity contribution in [1.82, 2.24) is 9.97 Å². The van der Waals surface area contributed by atoms with Crippen molar-refractivity contribution in [2.45, 2.75) is 6.92 Å². The summed E-state index contributed by atoms with van der Waals surface area (Å²) in [5.41, 5.74) is 1.79. The van der Waals surface area contributed by atoms with Gasteiger partial charge in [-0.15, -0.1) is 0 Å². The van der Waals surface area contributed by atoms with E-state index in [0.29, 0.717) is 21.4 Å². The molecule has 0 radical (unpaired) electrons. The van der Waals surface area contributed by atoms with E-state index in [1.807, 2.05) is 0 Å². The monoisotopic (exact) mass is 182 g/mol. The van der Waals surface area contributed by atoms with Crippen LogP contribution in [0.15, 0.2) is 12.1 Å². The minimum atomic E-state index is -0.236. The molecule has 0 saturated heterocycles. The summed E-state index contributed by atoms with van der Waals surface area (Å²) in [4.78, 5) is 5.60. The number of hydrogen-bond donors (Lipinski definition) is 2. The Morgan fingerprint density at radius 2 is 2.08 bits per heavy atom. The smallest absolute Gasteiger partial charge is 0.175 e. The number of aromatic amines is 2. The highest BCUT2D eigenvalue weighted by Gasteiger charge is 2.04. The molecule has 1 heterocycles. The van der Waals surface area contributed by atoms with E-state index in [1.165, 1.54) is 0 Å². The highest BCUT2D eigenvalue weighted by molar-refractivity contribution is 7.71. The van der Waals surface area contributed by atoms with Gasteiger partial charge in [0, 0.05) is 0 Å². The second-order valence-corrected chi connectivity index (χ2v) is 3.11. The Morgan fingerprint density at radius 3 is 2.83 bits per heavy atom. The number of halogens is 1. The maximum Gasteiger partial charge on any atom is 0.175 e.